The normalized spacial score (nSPS) is 16.6. The molecule has 1 fully saturated rings. The molecule has 2 heterocycles. The van der Waals surface area contributed by atoms with E-state index in [9.17, 15) is 4.79 Å². The van der Waals surface area contributed by atoms with Crippen molar-refractivity contribution in [1.82, 2.24) is 14.9 Å². The van der Waals surface area contributed by atoms with E-state index in [1.807, 2.05) is 45.0 Å². The van der Waals surface area contributed by atoms with E-state index >= 15 is 0 Å². The highest BCUT2D eigenvalue weighted by Gasteiger charge is 2.26. The molecule has 0 bridgehead atoms. The number of halogens is 1. The number of aromatic nitrogens is 2. The number of nitrogens with zero attached hydrogens (tertiary/aromatic N) is 4. The van der Waals surface area contributed by atoms with Crippen molar-refractivity contribution >= 4 is 23.3 Å². The third kappa shape index (κ3) is 4.22. The van der Waals surface area contributed by atoms with E-state index in [1.165, 1.54) is 0 Å². The van der Waals surface area contributed by atoms with Gasteiger partial charge < -0.3 is 15.5 Å². The lowest BCUT2D eigenvalue weighted by Gasteiger charge is -2.24. The number of hydrogen-bond acceptors (Lipinski definition) is 5. The van der Waals surface area contributed by atoms with Crippen LogP contribution in [0.5, 0.6) is 0 Å². The minimum Gasteiger partial charge on any atom is -0.355 e. The van der Waals surface area contributed by atoms with Crippen LogP contribution in [-0.4, -0.2) is 46.5 Å². The van der Waals surface area contributed by atoms with Crippen LogP contribution in [0.1, 0.15) is 40.8 Å². The molecule has 1 aliphatic rings. The number of carbonyl (C=O) groups excluding carboxylic acids is 1. The molecule has 144 valence electrons. The smallest absolute Gasteiger partial charge is 0.292 e. The largest absolute Gasteiger partial charge is 0.355 e. The zero-order valence-electron chi connectivity index (χ0n) is 16.1. The Balaban J connectivity index is 1.88. The van der Waals surface area contributed by atoms with E-state index in [0.717, 1.165) is 42.1 Å². The van der Waals surface area contributed by atoms with Crippen molar-refractivity contribution in [2.75, 3.05) is 24.5 Å². The first-order valence-corrected chi connectivity index (χ1v) is 9.67. The maximum atomic E-state index is 13.1. The lowest BCUT2D eigenvalue weighted by atomic mass is 10.2. The topological polar surface area (TPSA) is 75.4 Å². The second kappa shape index (κ2) is 8.23. The third-order valence-corrected chi connectivity index (χ3v) is 5.44. The molecule has 7 heteroatoms. The van der Waals surface area contributed by atoms with E-state index in [4.69, 9.17) is 17.3 Å². The number of aryl methyl sites for hydroxylation is 1. The molecule has 0 spiro atoms. The summed E-state index contributed by atoms with van der Waals surface area (Å²) in [6, 6.07) is 7.70. The maximum Gasteiger partial charge on any atom is 0.292 e. The summed E-state index contributed by atoms with van der Waals surface area (Å²) < 4.78 is 0. The molecule has 27 heavy (non-hydrogen) atoms. The van der Waals surface area contributed by atoms with Gasteiger partial charge in [-0.05, 0) is 38.8 Å². The second-order valence-electron chi connectivity index (χ2n) is 6.99. The zero-order valence-corrected chi connectivity index (χ0v) is 16.8. The number of anilines is 1. The highest BCUT2D eigenvalue weighted by molar-refractivity contribution is 6.31. The van der Waals surface area contributed by atoms with Crippen molar-refractivity contribution < 1.29 is 4.79 Å². The van der Waals surface area contributed by atoms with Crippen LogP contribution < -0.4 is 10.6 Å². The predicted molar refractivity (Wildman–Crippen MR) is 108 cm³/mol. The zero-order chi connectivity index (χ0) is 19.6. The van der Waals surface area contributed by atoms with Crippen molar-refractivity contribution in [3.05, 3.63) is 51.9 Å². The summed E-state index contributed by atoms with van der Waals surface area (Å²) in [6.07, 6.45) is 0.930. The van der Waals surface area contributed by atoms with Crippen LogP contribution in [0.4, 0.5) is 5.82 Å². The first kappa shape index (κ1) is 19.6. The summed E-state index contributed by atoms with van der Waals surface area (Å²) in [5, 5.41) is 0.650. The molecule has 0 aliphatic carbocycles. The van der Waals surface area contributed by atoms with Gasteiger partial charge in [-0.3, -0.25) is 4.79 Å². The molecule has 6 nitrogen and oxygen atoms in total. The molecule has 1 aromatic heterocycles. The van der Waals surface area contributed by atoms with Crippen molar-refractivity contribution in [3.8, 4) is 0 Å². The van der Waals surface area contributed by atoms with Crippen LogP contribution in [0, 0.1) is 13.8 Å². The summed E-state index contributed by atoms with van der Waals surface area (Å²) >= 11 is 6.26. The predicted octanol–water partition coefficient (Wildman–Crippen LogP) is 2.95. The average Bonchev–Trinajstić information content (AvgIpc) is 3.08. The fourth-order valence-electron chi connectivity index (χ4n) is 3.30. The molecule has 1 saturated heterocycles. The van der Waals surface area contributed by atoms with Gasteiger partial charge in [0.05, 0.1) is 0 Å². The number of hydrogen-bond donors (Lipinski definition) is 1. The van der Waals surface area contributed by atoms with Crippen LogP contribution in [0.25, 0.3) is 0 Å². The molecule has 0 unspecified atom stereocenters. The van der Waals surface area contributed by atoms with Crippen LogP contribution in [0.3, 0.4) is 0 Å². The van der Waals surface area contributed by atoms with E-state index in [2.05, 4.69) is 14.9 Å². The monoisotopic (exact) mass is 387 g/mol. The molecule has 1 atom stereocenters. The van der Waals surface area contributed by atoms with E-state index < -0.39 is 0 Å². The molecular formula is C20H26ClN5O. The summed E-state index contributed by atoms with van der Waals surface area (Å²) in [7, 11) is 0. The van der Waals surface area contributed by atoms with Gasteiger partial charge in [0.1, 0.15) is 5.82 Å². The summed E-state index contributed by atoms with van der Waals surface area (Å²) in [5.41, 5.74) is 8.76. The van der Waals surface area contributed by atoms with Gasteiger partial charge in [-0.15, -0.1) is 0 Å². The third-order valence-electron chi connectivity index (χ3n) is 5.07. The molecule has 1 amide bonds. The number of benzene rings is 1. The van der Waals surface area contributed by atoms with Gasteiger partial charge in [0.2, 0.25) is 5.82 Å². The van der Waals surface area contributed by atoms with Crippen LogP contribution in [0.15, 0.2) is 24.3 Å². The standard InChI is InChI=1S/C20H26ClN5O/c1-4-25(11-15-7-5-6-8-17(15)21)20(27)18-23-14(3)13(2)19(24-18)26-10-9-16(22)12-26/h5-8,16H,4,9-12,22H2,1-3H3/t16-/m1/s1. The Morgan fingerprint density at radius 2 is 2.07 bits per heavy atom. The van der Waals surface area contributed by atoms with Crippen molar-refractivity contribution in [1.29, 1.82) is 0 Å². The van der Waals surface area contributed by atoms with Crippen molar-refractivity contribution in [2.24, 2.45) is 5.73 Å². The van der Waals surface area contributed by atoms with Gasteiger partial charge in [-0.1, -0.05) is 29.8 Å². The minimum atomic E-state index is -0.190. The summed E-state index contributed by atoms with van der Waals surface area (Å²) in [5.74, 6) is 0.848. The Bertz CT molecular complexity index is 841. The SMILES string of the molecule is CCN(Cc1ccccc1Cl)C(=O)c1nc(C)c(C)c(N2CC[C@@H](N)C2)n1. The first-order valence-electron chi connectivity index (χ1n) is 9.29. The van der Waals surface area contributed by atoms with Gasteiger partial charge in [0, 0.05) is 48.5 Å². The number of nitrogens with two attached hydrogens (primary N) is 1. The second-order valence-corrected chi connectivity index (χ2v) is 7.39. The van der Waals surface area contributed by atoms with Gasteiger partial charge >= 0.3 is 0 Å². The average molecular weight is 388 g/mol. The van der Waals surface area contributed by atoms with Crippen LogP contribution in [0.2, 0.25) is 5.02 Å². The minimum absolute atomic E-state index is 0.145. The lowest BCUT2D eigenvalue weighted by molar-refractivity contribution is 0.0740. The van der Waals surface area contributed by atoms with E-state index in [1.54, 1.807) is 4.90 Å². The van der Waals surface area contributed by atoms with Gasteiger partial charge in [-0.25, -0.2) is 9.97 Å². The first-order chi connectivity index (χ1) is 12.9. The highest BCUT2D eigenvalue weighted by Crippen LogP contribution is 2.24. The fourth-order valence-corrected chi connectivity index (χ4v) is 3.49. The lowest BCUT2D eigenvalue weighted by Crippen LogP contribution is -2.33. The van der Waals surface area contributed by atoms with Crippen molar-refractivity contribution in [3.63, 3.8) is 0 Å². The molecule has 3 rings (SSSR count). The Kier molecular flexibility index (Phi) is 5.97. The maximum absolute atomic E-state index is 13.1. The molecular weight excluding hydrogens is 362 g/mol. The Morgan fingerprint density at radius 3 is 2.70 bits per heavy atom. The Hall–Kier alpha value is -2.18. The number of amides is 1. The summed E-state index contributed by atoms with van der Waals surface area (Å²) in [4.78, 5) is 26.0. The molecule has 1 aromatic carbocycles. The molecule has 2 N–H and O–H groups in total. The number of rotatable bonds is 5. The Morgan fingerprint density at radius 1 is 1.33 bits per heavy atom. The van der Waals surface area contributed by atoms with Gasteiger partial charge in [-0.2, -0.15) is 0 Å². The van der Waals surface area contributed by atoms with Crippen molar-refractivity contribution in [2.45, 2.75) is 39.8 Å². The van der Waals surface area contributed by atoms with Crippen LogP contribution in [-0.2, 0) is 6.54 Å². The quantitative estimate of drug-likeness (QED) is 0.853. The van der Waals surface area contributed by atoms with E-state index in [-0.39, 0.29) is 17.8 Å². The van der Waals surface area contributed by atoms with Gasteiger partial charge in [0.25, 0.3) is 5.91 Å². The van der Waals surface area contributed by atoms with E-state index in [0.29, 0.717) is 18.1 Å². The van der Waals surface area contributed by atoms with Crippen LogP contribution >= 0.6 is 11.6 Å². The summed E-state index contributed by atoms with van der Waals surface area (Å²) in [6.45, 7) is 8.42. The number of carbonyl (C=O) groups is 1. The van der Waals surface area contributed by atoms with Gasteiger partial charge in [0.15, 0.2) is 0 Å². The Labute approximate surface area is 165 Å². The molecule has 0 saturated carbocycles. The molecule has 1 aliphatic heterocycles. The molecule has 2 aromatic rings. The highest BCUT2D eigenvalue weighted by atomic mass is 35.5. The molecule has 0 radical (unpaired) electrons. The fraction of sp³-hybridized carbons (Fsp3) is 0.450.